The second-order valence-corrected chi connectivity index (χ2v) is 16.6. The van der Waals surface area contributed by atoms with Crippen LogP contribution in [0, 0.1) is 0 Å². The fourth-order valence-corrected chi connectivity index (χ4v) is 9.63. The molecule has 0 aliphatic heterocycles. The van der Waals surface area contributed by atoms with E-state index in [0.29, 0.717) is 6.54 Å². The summed E-state index contributed by atoms with van der Waals surface area (Å²) in [6.45, 7) is 5.37. The minimum atomic E-state index is -0.200. The van der Waals surface area contributed by atoms with Crippen molar-refractivity contribution < 1.29 is 9.10 Å². The van der Waals surface area contributed by atoms with Crippen LogP contribution in [0.2, 0.25) is 0 Å². The van der Waals surface area contributed by atoms with Gasteiger partial charge < -0.3 is 14.0 Å². The Kier molecular flexibility index (Phi) is 7.40. The van der Waals surface area contributed by atoms with Crippen LogP contribution in [0.25, 0.3) is 88.6 Å². The summed E-state index contributed by atoms with van der Waals surface area (Å²) in [7, 11) is 0. The first-order valence-corrected chi connectivity index (χ1v) is 20.6. The Labute approximate surface area is 342 Å². The van der Waals surface area contributed by atoms with Crippen molar-refractivity contribution in [1.82, 2.24) is 14.6 Å². The number of fused-ring (bicyclic) bond motifs is 9. The van der Waals surface area contributed by atoms with Crippen LogP contribution >= 0.6 is 0 Å². The summed E-state index contributed by atoms with van der Waals surface area (Å²) in [6, 6.07) is 54.8. The van der Waals surface area contributed by atoms with Gasteiger partial charge in [-0.15, -0.1) is 0 Å². The minimum absolute atomic E-state index is 0.200. The molecule has 0 N–H and O–H groups in total. The molecule has 12 rings (SSSR count). The molecule has 0 fully saturated rings. The molecule has 0 radical (unpaired) electrons. The summed E-state index contributed by atoms with van der Waals surface area (Å²) in [5.74, 6) is 1.64. The molecule has 0 atom stereocenters. The number of nitrogens with zero attached hydrogens (tertiary/aromatic N) is 4. The Morgan fingerprint density at radius 3 is 2.12 bits per heavy atom. The highest BCUT2D eigenvalue weighted by molar-refractivity contribution is 6.13. The van der Waals surface area contributed by atoms with Crippen molar-refractivity contribution in [3.63, 3.8) is 0 Å². The van der Waals surface area contributed by atoms with Crippen molar-refractivity contribution in [3.8, 4) is 39.3 Å². The molecule has 5 nitrogen and oxygen atoms in total. The second kappa shape index (κ2) is 12.9. The van der Waals surface area contributed by atoms with E-state index in [9.17, 15) is 0 Å². The van der Waals surface area contributed by atoms with Gasteiger partial charge in [-0.05, 0) is 118 Å². The summed E-state index contributed by atoms with van der Waals surface area (Å²) in [4.78, 5) is 5.09. The van der Waals surface area contributed by atoms with E-state index in [4.69, 9.17) is 14.5 Å². The lowest BCUT2D eigenvalue weighted by molar-refractivity contribution is -0.749. The normalized spacial score (nSPS) is 14.4. The molecule has 0 bridgehead atoms. The van der Waals surface area contributed by atoms with Gasteiger partial charge in [0.15, 0.2) is 0 Å². The van der Waals surface area contributed by atoms with Gasteiger partial charge in [-0.1, -0.05) is 129 Å². The molecule has 3 aromatic heterocycles. The lowest BCUT2D eigenvalue weighted by Gasteiger charge is -2.21. The molecular formula is C54H40N4O. The summed E-state index contributed by atoms with van der Waals surface area (Å²) in [5, 5.41) is 9.84. The first kappa shape index (κ1) is 33.9. The van der Waals surface area contributed by atoms with Gasteiger partial charge in [-0.3, -0.25) is 9.78 Å². The molecule has 2 aliphatic carbocycles. The fourth-order valence-electron chi connectivity index (χ4n) is 9.63. The minimum Gasteiger partial charge on any atom is -0.456 e. The zero-order valence-corrected chi connectivity index (χ0v) is 33.0. The monoisotopic (exact) mass is 760 g/mol. The lowest BCUT2D eigenvalue weighted by atomic mass is 9.82. The van der Waals surface area contributed by atoms with Gasteiger partial charge in [-0.2, -0.15) is 0 Å². The van der Waals surface area contributed by atoms with Crippen LogP contribution in [0.4, 0.5) is 0 Å². The van der Waals surface area contributed by atoms with Crippen LogP contribution in [0.15, 0.2) is 174 Å². The molecular weight excluding hydrogens is 721 g/mol. The van der Waals surface area contributed by atoms with E-state index in [1.54, 1.807) is 0 Å². The van der Waals surface area contributed by atoms with Gasteiger partial charge in [0.05, 0.1) is 11.0 Å². The van der Waals surface area contributed by atoms with E-state index < -0.39 is 0 Å². The van der Waals surface area contributed by atoms with Gasteiger partial charge in [0, 0.05) is 38.2 Å². The molecule has 3 heterocycles. The van der Waals surface area contributed by atoms with E-state index in [1.807, 2.05) is 10.7 Å². The summed E-state index contributed by atoms with van der Waals surface area (Å²) in [6.07, 6.45) is 8.75. The molecule has 0 spiro atoms. The molecule has 10 aromatic rings. The smallest absolute Gasteiger partial charge is 0.135 e. The third-order valence-electron chi connectivity index (χ3n) is 12.6. The maximum absolute atomic E-state index is 6.61. The Morgan fingerprint density at radius 2 is 1.32 bits per heavy atom. The zero-order valence-electron chi connectivity index (χ0n) is 33.0. The topological polar surface area (TPSA) is 48.9 Å². The average molecular weight is 761 g/mol. The van der Waals surface area contributed by atoms with Crippen LogP contribution in [-0.2, 0) is 12.0 Å². The Bertz CT molecular complexity index is 3360. The molecule has 0 amide bonds. The van der Waals surface area contributed by atoms with Crippen molar-refractivity contribution in [2.75, 3.05) is 0 Å². The number of allylic oxidation sites excluding steroid dienone is 4. The Balaban J connectivity index is 0.932. The average Bonchev–Trinajstić information content (AvgIpc) is 4.02. The first-order valence-electron chi connectivity index (χ1n) is 20.6. The summed E-state index contributed by atoms with van der Waals surface area (Å²) < 4.78 is 11.1. The highest BCUT2D eigenvalue weighted by Crippen LogP contribution is 2.53. The van der Waals surface area contributed by atoms with Crippen molar-refractivity contribution >= 4 is 49.3 Å². The predicted molar refractivity (Wildman–Crippen MR) is 240 cm³/mol. The number of hydrogen-bond donors (Lipinski definition) is 0. The largest absolute Gasteiger partial charge is 0.456 e. The van der Waals surface area contributed by atoms with Crippen molar-refractivity contribution in [2.24, 2.45) is 0 Å². The predicted octanol–water partition coefficient (Wildman–Crippen LogP) is 12.7. The maximum Gasteiger partial charge on any atom is 0.135 e. The highest BCUT2D eigenvalue weighted by atomic mass is 16.3. The number of furan rings is 1. The number of aromatic nitrogens is 4. The highest BCUT2D eigenvalue weighted by Gasteiger charge is 2.37. The van der Waals surface area contributed by atoms with Crippen LogP contribution in [-0.4, -0.2) is 9.55 Å². The van der Waals surface area contributed by atoms with Crippen LogP contribution in [0.3, 0.4) is 0 Å². The van der Waals surface area contributed by atoms with Gasteiger partial charge in [0.25, 0.3) is 0 Å². The SMILES string of the molecule is CC1(C)c2cc3oc4ccc(-c5ccc(-c6nc(C7=CCCC=C7)[n+](Cc7ccccc7)[n-]6)cc5)cc4c3cc2-c2cc3c4ccccc4n(-c4ccccc4)c3cc21. The van der Waals surface area contributed by atoms with Crippen molar-refractivity contribution in [3.05, 3.63) is 192 Å². The standard InChI is InChI=1S/C54H40N4O/c1-54(2)46-31-49-43(40-20-12-13-21-48(40)58(49)39-18-10-5-11-19-39)29-41(46)42-30-45-44-28-38(26-27-50(44)59-51(45)32-47(42)54)35-22-24-36(25-23-35)52-55-53(37-16-8-4-9-17-37)57(56-52)33-34-14-6-3-7-15-34/h3,5-8,10-32H,4,9,33H2,1-2H3. The fraction of sp³-hybridized carbons (Fsp3) is 0.111. The number of hydrogen-bond acceptors (Lipinski definition) is 2. The molecule has 0 unspecified atom stereocenters. The van der Waals surface area contributed by atoms with Gasteiger partial charge in [-0.25, -0.2) is 0 Å². The van der Waals surface area contributed by atoms with Crippen LogP contribution in [0.5, 0.6) is 0 Å². The lowest BCUT2D eigenvalue weighted by Crippen LogP contribution is -2.41. The van der Waals surface area contributed by atoms with Gasteiger partial charge in [0.2, 0.25) is 0 Å². The van der Waals surface area contributed by atoms with E-state index in [2.05, 4.69) is 182 Å². The molecule has 2 aliphatic rings. The van der Waals surface area contributed by atoms with Gasteiger partial charge >= 0.3 is 0 Å². The molecule has 0 saturated carbocycles. The zero-order chi connectivity index (χ0) is 39.2. The summed E-state index contributed by atoms with van der Waals surface area (Å²) in [5.41, 5.74) is 16.1. The van der Waals surface area contributed by atoms with Crippen molar-refractivity contribution in [1.29, 1.82) is 0 Å². The number of rotatable bonds is 6. The van der Waals surface area contributed by atoms with E-state index in [0.717, 1.165) is 68.7 Å². The van der Waals surface area contributed by atoms with E-state index in [-0.39, 0.29) is 5.41 Å². The maximum atomic E-state index is 6.61. The quantitative estimate of drug-likeness (QED) is 0.159. The Hall–Kier alpha value is -7.24. The third-order valence-corrected chi connectivity index (χ3v) is 12.6. The van der Waals surface area contributed by atoms with Crippen LogP contribution < -0.4 is 9.78 Å². The molecule has 5 heteroatoms. The molecule has 7 aromatic carbocycles. The number of para-hydroxylation sites is 2. The Morgan fingerprint density at radius 1 is 0.627 bits per heavy atom. The van der Waals surface area contributed by atoms with Crippen molar-refractivity contribution in [2.45, 2.75) is 38.6 Å². The second-order valence-electron chi connectivity index (χ2n) is 16.6. The van der Waals surface area contributed by atoms with E-state index in [1.165, 1.54) is 55.3 Å². The van der Waals surface area contributed by atoms with E-state index >= 15 is 0 Å². The first-order chi connectivity index (χ1) is 29.0. The van der Waals surface area contributed by atoms with Gasteiger partial charge in [0.1, 0.15) is 23.5 Å². The molecule has 0 saturated heterocycles. The summed E-state index contributed by atoms with van der Waals surface area (Å²) >= 11 is 0. The third kappa shape index (κ3) is 5.31. The number of benzene rings is 7. The molecule has 59 heavy (non-hydrogen) atoms. The molecule has 282 valence electrons. The van der Waals surface area contributed by atoms with Crippen LogP contribution in [0.1, 0.15) is 49.2 Å².